The summed E-state index contributed by atoms with van der Waals surface area (Å²) in [4.78, 5) is 36.0. The van der Waals surface area contributed by atoms with Crippen LogP contribution in [0.1, 0.15) is 49.3 Å². The second-order valence-corrected chi connectivity index (χ2v) is 10.8. The van der Waals surface area contributed by atoms with Gasteiger partial charge in [0.25, 0.3) is 0 Å². The first-order chi connectivity index (χ1) is 15.7. The average Bonchev–Trinajstić information content (AvgIpc) is 2.72. The second kappa shape index (κ2) is 9.61. The Bertz CT molecular complexity index is 1270. The molecule has 3 rings (SSSR count). The zero-order valence-electron chi connectivity index (χ0n) is 18.2. The van der Waals surface area contributed by atoms with Crippen LogP contribution >= 0.6 is 23.2 Å². The van der Waals surface area contributed by atoms with Crippen LogP contribution in [0.5, 0.6) is 0 Å². The molecule has 0 radical (unpaired) electrons. The molecule has 4 N–H and O–H groups in total. The van der Waals surface area contributed by atoms with E-state index in [-0.39, 0.29) is 40.9 Å². The Morgan fingerprint density at radius 3 is 2.35 bits per heavy atom. The molecule has 0 aliphatic carbocycles. The minimum absolute atomic E-state index is 0.00815. The maximum Gasteiger partial charge on any atom is 0.238 e. The SMILES string of the molecule is CC(C)(C(=O)NCc1cc(Cl)c(C2CCC(=O)NC2=O)c(Cl)c1)c1ccc(S(N)(=O)=O)cc1F. The van der Waals surface area contributed by atoms with Gasteiger partial charge in [0, 0.05) is 34.1 Å². The van der Waals surface area contributed by atoms with Crippen LogP contribution in [0.4, 0.5) is 4.39 Å². The molecule has 8 nitrogen and oxygen atoms in total. The van der Waals surface area contributed by atoms with E-state index in [1.54, 1.807) is 12.1 Å². The number of halogens is 3. The summed E-state index contributed by atoms with van der Waals surface area (Å²) in [5, 5.41) is 10.4. The zero-order chi connectivity index (χ0) is 25.4. The van der Waals surface area contributed by atoms with Crippen molar-refractivity contribution in [3.05, 3.63) is 62.9 Å². The molecule has 1 saturated heterocycles. The number of carbonyl (C=O) groups is 3. The van der Waals surface area contributed by atoms with Gasteiger partial charge in [0.05, 0.1) is 16.2 Å². The number of benzene rings is 2. The highest BCUT2D eigenvalue weighted by molar-refractivity contribution is 7.89. The summed E-state index contributed by atoms with van der Waals surface area (Å²) < 4.78 is 37.4. The number of carbonyl (C=O) groups excluding carboxylic acids is 3. The van der Waals surface area contributed by atoms with E-state index in [1.165, 1.54) is 19.9 Å². The number of piperidine rings is 1. The largest absolute Gasteiger partial charge is 0.351 e. The van der Waals surface area contributed by atoms with Crippen LogP contribution in [0.3, 0.4) is 0 Å². The van der Waals surface area contributed by atoms with Crippen LogP contribution in [0.25, 0.3) is 0 Å². The predicted molar refractivity (Wildman–Crippen MR) is 124 cm³/mol. The van der Waals surface area contributed by atoms with Gasteiger partial charge in [-0.05, 0) is 50.1 Å². The number of imide groups is 1. The molecule has 1 aliphatic rings. The van der Waals surface area contributed by atoms with E-state index in [2.05, 4.69) is 10.6 Å². The highest BCUT2D eigenvalue weighted by atomic mass is 35.5. The molecule has 182 valence electrons. The third-order valence-corrected chi connectivity index (χ3v) is 7.23. The van der Waals surface area contributed by atoms with E-state index < -0.39 is 43.9 Å². The molecule has 1 heterocycles. The van der Waals surface area contributed by atoms with Gasteiger partial charge in [-0.1, -0.05) is 29.3 Å². The Hall–Kier alpha value is -2.53. The van der Waals surface area contributed by atoms with Crippen molar-refractivity contribution in [2.24, 2.45) is 5.14 Å². The quantitative estimate of drug-likeness (QED) is 0.494. The van der Waals surface area contributed by atoms with Gasteiger partial charge < -0.3 is 5.32 Å². The summed E-state index contributed by atoms with van der Waals surface area (Å²) in [6.45, 7) is 2.99. The fraction of sp³-hybridized carbons (Fsp3) is 0.318. The molecular formula is C22H22Cl2FN3O5S. The Labute approximate surface area is 206 Å². The van der Waals surface area contributed by atoms with Crippen LogP contribution in [-0.2, 0) is 36.4 Å². The van der Waals surface area contributed by atoms with Crippen molar-refractivity contribution in [3.8, 4) is 0 Å². The first-order valence-electron chi connectivity index (χ1n) is 10.1. The van der Waals surface area contributed by atoms with Crippen molar-refractivity contribution < 1.29 is 27.2 Å². The number of nitrogens with two attached hydrogens (primary N) is 1. The Balaban J connectivity index is 1.77. The standard InChI is InChI=1S/C22H22Cl2FN3O5S/c1-22(2,14-5-3-12(9-17(14)25)34(26,32)33)21(31)27-10-11-7-15(23)19(16(24)8-11)13-4-6-18(29)28-20(13)30/h3,5,7-9,13H,4,6,10H2,1-2H3,(H,27,31)(H2,26,32,33)(H,28,29,30). The summed E-state index contributed by atoms with van der Waals surface area (Å²) in [5.74, 6) is -2.91. The monoisotopic (exact) mass is 529 g/mol. The van der Waals surface area contributed by atoms with Crippen molar-refractivity contribution in [2.75, 3.05) is 0 Å². The first-order valence-corrected chi connectivity index (χ1v) is 12.4. The van der Waals surface area contributed by atoms with Gasteiger partial charge in [0.1, 0.15) is 5.82 Å². The topological polar surface area (TPSA) is 135 Å². The van der Waals surface area contributed by atoms with Crippen LogP contribution in [0.2, 0.25) is 10.0 Å². The van der Waals surface area contributed by atoms with E-state index in [4.69, 9.17) is 28.3 Å². The lowest BCUT2D eigenvalue weighted by Crippen LogP contribution is -2.40. The van der Waals surface area contributed by atoms with Gasteiger partial charge in [-0.3, -0.25) is 19.7 Å². The van der Waals surface area contributed by atoms with Gasteiger partial charge in [0.15, 0.2) is 0 Å². The van der Waals surface area contributed by atoms with E-state index in [9.17, 15) is 27.2 Å². The van der Waals surface area contributed by atoms with Gasteiger partial charge in [-0.2, -0.15) is 0 Å². The molecule has 1 aliphatic heterocycles. The maximum absolute atomic E-state index is 14.6. The molecule has 0 saturated carbocycles. The van der Waals surface area contributed by atoms with Gasteiger partial charge in [-0.25, -0.2) is 17.9 Å². The molecule has 34 heavy (non-hydrogen) atoms. The van der Waals surface area contributed by atoms with Crippen molar-refractivity contribution in [2.45, 2.75) is 49.5 Å². The summed E-state index contributed by atoms with van der Waals surface area (Å²) in [7, 11) is -4.09. The van der Waals surface area contributed by atoms with E-state index in [0.717, 1.165) is 12.1 Å². The lowest BCUT2D eigenvalue weighted by Gasteiger charge is -2.25. The number of sulfonamides is 1. The number of rotatable bonds is 6. The summed E-state index contributed by atoms with van der Waals surface area (Å²) in [6, 6.07) is 6.22. The number of nitrogens with one attached hydrogen (secondary N) is 2. The third kappa shape index (κ3) is 5.41. The Morgan fingerprint density at radius 1 is 1.21 bits per heavy atom. The maximum atomic E-state index is 14.6. The highest BCUT2D eigenvalue weighted by Gasteiger charge is 2.34. The Morgan fingerprint density at radius 2 is 1.82 bits per heavy atom. The molecule has 2 aromatic rings. The molecule has 0 aromatic heterocycles. The molecule has 2 aromatic carbocycles. The molecule has 0 bridgehead atoms. The molecule has 0 spiro atoms. The first kappa shape index (κ1) is 26.1. The minimum atomic E-state index is -4.09. The number of primary sulfonamides is 1. The molecule has 1 unspecified atom stereocenters. The fourth-order valence-corrected chi connectivity index (χ4v) is 5.07. The number of amides is 3. The third-order valence-electron chi connectivity index (χ3n) is 5.69. The molecule has 3 amide bonds. The Kier molecular flexibility index (Phi) is 7.37. The predicted octanol–water partition coefficient (Wildman–Crippen LogP) is 2.89. The summed E-state index contributed by atoms with van der Waals surface area (Å²) >= 11 is 12.7. The van der Waals surface area contributed by atoms with Crippen molar-refractivity contribution in [1.29, 1.82) is 0 Å². The number of hydrogen-bond acceptors (Lipinski definition) is 5. The summed E-state index contributed by atoms with van der Waals surface area (Å²) in [5.41, 5.74) is -0.413. The number of hydrogen-bond donors (Lipinski definition) is 3. The van der Waals surface area contributed by atoms with Gasteiger partial charge >= 0.3 is 0 Å². The van der Waals surface area contributed by atoms with Crippen LogP contribution < -0.4 is 15.8 Å². The molecule has 1 fully saturated rings. The van der Waals surface area contributed by atoms with Crippen molar-refractivity contribution in [3.63, 3.8) is 0 Å². The van der Waals surface area contributed by atoms with E-state index in [0.29, 0.717) is 11.1 Å². The van der Waals surface area contributed by atoms with Crippen LogP contribution in [-0.4, -0.2) is 26.1 Å². The van der Waals surface area contributed by atoms with Crippen LogP contribution in [0.15, 0.2) is 35.2 Å². The molecule has 1 atom stereocenters. The lowest BCUT2D eigenvalue weighted by atomic mass is 9.83. The smallest absolute Gasteiger partial charge is 0.238 e. The highest BCUT2D eigenvalue weighted by Crippen LogP contribution is 2.37. The zero-order valence-corrected chi connectivity index (χ0v) is 20.6. The normalized spacial score (nSPS) is 16.8. The van der Waals surface area contributed by atoms with E-state index >= 15 is 0 Å². The van der Waals surface area contributed by atoms with Crippen LogP contribution in [0, 0.1) is 5.82 Å². The fourth-order valence-electron chi connectivity index (χ4n) is 3.75. The molecule has 12 heteroatoms. The lowest BCUT2D eigenvalue weighted by molar-refractivity contribution is -0.134. The van der Waals surface area contributed by atoms with Gasteiger partial charge in [-0.15, -0.1) is 0 Å². The second-order valence-electron chi connectivity index (χ2n) is 8.47. The van der Waals surface area contributed by atoms with E-state index in [1.807, 2.05) is 0 Å². The van der Waals surface area contributed by atoms with Crippen molar-refractivity contribution >= 4 is 50.9 Å². The van der Waals surface area contributed by atoms with Crippen molar-refractivity contribution in [1.82, 2.24) is 10.6 Å². The van der Waals surface area contributed by atoms with Gasteiger partial charge in [0.2, 0.25) is 27.7 Å². The minimum Gasteiger partial charge on any atom is -0.351 e. The molecular weight excluding hydrogens is 508 g/mol. The average molecular weight is 530 g/mol. The summed E-state index contributed by atoms with van der Waals surface area (Å²) in [6.07, 6.45) is 0.453.